The van der Waals surface area contributed by atoms with Crippen LogP contribution in [-0.2, 0) is 4.79 Å². The normalized spacial score (nSPS) is 21.7. The SMILES string of the molecule is CN/C=C1/C=C(NC=O)C(N2CCCC2)=CC1=N. The minimum absolute atomic E-state index is 0.461. The number of hydrogen-bond acceptors (Lipinski definition) is 4. The molecule has 0 aromatic heterocycles. The average molecular weight is 246 g/mol. The van der Waals surface area contributed by atoms with Crippen molar-refractivity contribution < 1.29 is 4.79 Å². The Morgan fingerprint density at radius 2 is 2.06 bits per heavy atom. The lowest BCUT2D eigenvalue weighted by Gasteiger charge is -2.26. The number of nitrogens with one attached hydrogen (secondary N) is 3. The van der Waals surface area contributed by atoms with Crippen LogP contribution >= 0.6 is 0 Å². The zero-order chi connectivity index (χ0) is 13.0. The summed E-state index contributed by atoms with van der Waals surface area (Å²) in [6.45, 7) is 1.98. The van der Waals surface area contributed by atoms with Crippen LogP contribution in [0.3, 0.4) is 0 Å². The quantitative estimate of drug-likeness (QED) is 0.641. The van der Waals surface area contributed by atoms with Gasteiger partial charge in [0.05, 0.1) is 17.1 Å². The highest BCUT2D eigenvalue weighted by molar-refractivity contribution is 6.10. The Balaban J connectivity index is 2.30. The van der Waals surface area contributed by atoms with E-state index >= 15 is 0 Å². The van der Waals surface area contributed by atoms with E-state index in [9.17, 15) is 4.79 Å². The van der Waals surface area contributed by atoms with Gasteiger partial charge in [-0.3, -0.25) is 4.79 Å². The summed E-state index contributed by atoms with van der Waals surface area (Å²) in [5.41, 5.74) is 2.94. The van der Waals surface area contributed by atoms with Crippen LogP contribution in [-0.4, -0.2) is 37.2 Å². The minimum atomic E-state index is 0.461. The second-order valence-corrected chi connectivity index (χ2v) is 4.35. The van der Waals surface area contributed by atoms with Crippen molar-refractivity contribution in [1.29, 1.82) is 5.41 Å². The van der Waals surface area contributed by atoms with Crippen molar-refractivity contribution >= 4 is 12.1 Å². The molecule has 0 spiro atoms. The molecule has 0 atom stereocenters. The van der Waals surface area contributed by atoms with Crippen molar-refractivity contribution in [1.82, 2.24) is 15.5 Å². The number of likely N-dealkylation sites (tertiary alicyclic amines) is 1. The van der Waals surface area contributed by atoms with Gasteiger partial charge in [0.25, 0.3) is 0 Å². The van der Waals surface area contributed by atoms with E-state index in [4.69, 9.17) is 5.41 Å². The molecule has 5 heteroatoms. The summed E-state index contributed by atoms with van der Waals surface area (Å²) in [7, 11) is 1.79. The number of hydrogen-bond donors (Lipinski definition) is 3. The molecule has 1 aliphatic carbocycles. The maximum Gasteiger partial charge on any atom is 0.211 e. The van der Waals surface area contributed by atoms with Gasteiger partial charge in [0.1, 0.15) is 0 Å². The van der Waals surface area contributed by atoms with E-state index in [-0.39, 0.29) is 0 Å². The van der Waals surface area contributed by atoms with Crippen molar-refractivity contribution in [2.45, 2.75) is 12.8 Å². The summed E-state index contributed by atoms with van der Waals surface area (Å²) in [6.07, 6.45) is 8.42. The summed E-state index contributed by atoms with van der Waals surface area (Å²) < 4.78 is 0. The Morgan fingerprint density at radius 3 is 2.67 bits per heavy atom. The minimum Gasteiger partial charge on any atom is -0.393 e. The third-order valence-corrected chi connectivity index (χ3v) is 3.13. The van der Waals surface area contributed by atoms with E-state index in [1.54, 1.807) is 13.2 Å². The summed E-state index contributed by atoms with van der Waals surface area (Å²) in [4.78, 5) is 12.9. The van der Waals surface area contributed by atoms with E-state index in [0.717, 1.165) is 42.9 Å². The fourth-order valence-electron chi connectivity index (χ4n) is 2.28. The zero-order valence-electron chi connectivity index (χ0n) is 10.5. The van der Waals surface area contributed by atoms with Crippen LogP contribution in [0.4, 0.5) is 0 Å². The Bertz CT molecular complexity index is 442. The van der Waals surface area contributed by atoms with Gasteiger partial charge >= 0.3 is 0 Å². The van der Waals surface area contributed by atoms with E-state index in [1.807, 2.05) is 12.2 Å². The van der Waals surface area contributed by atoms with Crippen molar-refractivity contribution in [2.75, 3.05) is 20.1 Å². The highest BCUT2D eigenvalue weighted by Crippen LogP contribution is 2.24. The van der Waals surface area contributed by atoms with E-state index in [0.29, 0.717) is 12.1 Å². The molecule has 18 heavy (non-hydrogen) atoms. The van der Waals surface area contributed by atoms with Gasteiger partial charge in [-0.25, -0.2) is 0 Å². The van der Waals surface area contributed by atoms with E-state index in [1.165, 1.54) is 0 Å². The molecule has 5 nitrogen and oxygen atoms in total. The lowest BCUT2D eigenvalue weighted by atomic mass is 10.0. The lowest BCUT2D eigenvalue weighted by molar-refractivity contribution is -0.108. The van der Waals surface area contributed by atoms with Gasteiger partial charge in [0.2, 0.25) is 6.41 Å². The van der Waals surface area contributed by atoms with Crippen LogP contribution in [0.25, 0.3) is 0 Å². The highest BCUT2D eigenvalue weighted by Gasteiger charge is 2.22. The fourth-order valence-corrected chi connectivity index (χ4v) is 2.28. The molecule has 2 rings (SSSR count). The third kappa shape index (κ3) is 2.45. The second-order valence-electron chi connectivity index (χ2n) is 4.35. The number of nitrogens with zero attached hydrogens (tertiary/aromatic N) is 1. The Labute approximate surface area is 107 Å². The number of carbonyl (C=O) groups is 1. The molecule has 1 fully saturated rings. The summed E-state index contributed by atoms with van der Waals surface area (Å²) in [6, 6.07) is 0. The summed E-state index contributed by atoms with van der Waals surface area (Å²) >= 11 is 0. The topological polar surface area (TPSA) is 68.2 Å². The highest BCUT2D eigenvalue weighted by atomic mass is 16.1. The van der Waals surface area contributed by atoms with Gasteiger partial charge in [0.15, 0.2) is 0 Å². The molecule has 0 aromatic carbocycles. The van der Waals surface area contributed by atoms with Crippen LogP contribution in [0.15, 0.2) is 35.3 Å². The monoisotopic (exact) mass is 246 g/mol. The fraction of sp³-hybridized carbons (Fsp3) is 0.385. The lowest BCUT2D eigenvalue weighted by Crippen LogP contribution is -2.29. The first-order valence-electron chi connectivity index (χ1n) is 6.11. The molecule has 0 unspecified atom stereocenters. The molecule has 1 saturated heterocycles. The first-order chi connectivity index (χ1) is 8.76. The zero-order valence-corrected chi connectivity index (χ0v) is 10.5. The van der Waals surface area contributed by atoms with Crippen LogP contribution in [0.1, 0.15) is 12.8 Å². The van der Waals surface area contributed by atoms with Crippen LogP contribution in [0.2, 0.25) is 0 Å². The van der Waals surface area contributed by atoms with Gasteiger partial charge in [-0.05, 0) is 25.0 Å². The van der Waals surface area contributed by atoms with Gasteiger partial charge in [-0.1, -0.05) is 0 Å². The summed E-state index contributed by atoms with van der Waals surface area (Å²) in [5.74, 6) is 0. The number of allylic oxidation sites excluding steroid dienone is 3. The van der Waals surface area contributed by atoms with Crippen molar-refractivity contribution in [3.8, 4) is 0 Å². The number of rotatable bonds is 4. The Kier molecular flexibility index (Phi) is 3.82. The number of carbonyl (C=O) groups excluding carboxylic acids is 1. The first-order valence-corrected chi connectivity index (χ1v) is 6.11. The van der Waals surface area contributed by atoms with E-state index in [2.05, 4.69) is 15.5 Å². The molecule has 96 valence electrons. The predicted molar refractivity (Wildman–Crippen MR) is 71.0 cm³/mol. The maximum absolute atomic E-state index is 10.7. The Hall–Kier alpha value is -2.04. The standard InChI is InChI=1S/C13H18N4O/c1-15-8-10-6-12(16-9-18)13(7-11(10)14)17-4-2-3-5-17/h6-9,14-15H,2-5H2,1H3,(H,16,18)/b10-8-,14-11?. The number of amides is 1. The molecular formula is C13H18N4O. The van der Waals surface area contributed by atoms with Crippen LogP contribution in [0, 0.1) is 5.41 Å². The molecule has 0 bridgehead atoms. The molecule has 0 radical (unpaired) electrons. The second kappa shape index (κ2) is 5.53. The molecule has 1 heterocycles. The average Bonchev–Trinajstić information content (AvgIpc) is 2.87. The van der Waals surface area contributed by atoms with Crippen LogP contribution < -0.4 is 10.6 Å². The van der Waals surface area contributed by atoms with Crippen molar-refractivity contribution in [3.05, 3.63) is 35.3 Å². The molecule has 2 aliphatic rings. The molecule has 0 saturated carbocycles. The third-order valence-electron chi connectivity index (χ3n) is 3.13. The van der Waals surface area contributed by atoms with Crippen molar-refractivity contribution in [3.63, 3.8) is 0 Å². The van der Waals surface area contributed by atoms with Crippen molar-refractivity contribution in [2.24, 2.45) is 0 Å². The molecule has 3 N–H and O–H groups in total. The molecule has 1 aliphatic heterocycles. The first kappa shape index (κ1) is 12.4. The van der Waals surface area contributed by atoms with Gasteiger partial charge in [0, 0.05) is 31.9 Å². The van der Waals surface area contributed by atoms with E-state index < -0.39 is 0 Å². The molecule has 0 aromatic rings. The molecule has 1 amide bonds. The van der Waals surface area contributed by atoms with Gasteiger partial charge in [-0.15, -0.1) is 0 Å². The largest absolute Gasteiger partial charge is 0.393 e. The smallest absolute Gasteiger partial charge is 0.211 e. The molecular weight excluding hydrogens is 228 g/mol. The Morgan fingerprint density at radius 1 is 1.33 bits per heavy atom. The van der Waals surface area contributed by atoms with Gasteiger partial charge < -0.3 is 20.9 Å². The predicted octanol–water partition coefficient (Wildman–Crippen LogP) is 0.733. The van der Waals surface area contributed by atoms with Crippen LogP contribution in [0.5, 0.6) is 0 Å². The maximum atomic E-state index is 10.7. The summed E-state index contributed by atoms with van der Waals surface area (Å²) in [5, 5.41) is 13.6. The van der Waals surface area contributed by atoms with Gasteiger partial charge in [-0.2, -0.15) is 0 Å².